The van der Waals surface area contributed by atoms with Crippen molar-refractivity contribution in [1.82, 2.24) is 10.6 Å². The Balaban J connectivity index is 1.86. The van der Waals surface area contributed by atoms with E-state index in [1.54, 1.807) is 63.2 Å². The average molecular weight is 592 g/mol. The van der Waals surface area contributed by atoms with Gasteiger partial charge in [-0.25, -0.2) is 9.59 Å². The van der Waals surface area contributed by atoms with Crippen LogP contribution in [-0.2, 0) is 20.9 Å². The zero-order chi connectivity index (χ0) is 31.6. The van der Waals surface area contributed by atoms with Gasteiger partial charge < -0.3 is 41.0 Å². The Morgan fingerprint density at radius 3 is 2.23 bits per heavy atom. The molecule has 0 bridgehead atoms. The lowest BCUT2D eigenvalue weighted by Crippen LogP contribution is -2.51. The van der Waals surface area contributed by atoms with Crippen LogP contribution in [0.4, 0.5) is 10.5 Å². The Hall–Kier alpha value is -5.26. The van der Waals surface area contributed by atoms with E-state index in [0.717, 1.165) is 5.56 Å². The molecule has 12 heteroatoms. The molecule has 0 aromatic heterocycles. The van der Waals surface area contributed by atoms with Gasteiger partial charge >= 0.3 is 12.1 Å². The minimum absolute atomic E-state index is 0.113. The van der Waals surface area contributed by atoms with Crippen LogP contribution < -0.4 is 31.2 Å². The van der Waals surface area contributed by atoms with E-state index >= 15 is 0 Å². The van der Waals surface area contributed by atoms with E-state index in [0.29, 0.717) is 34.9 Å². The van der Waals surface area contributed by atoms with E-state index in [1.807, 2.05) is 30.3 Å². The molecule has 0 heterocycles. The summed E-state index contributed by atoms with van der Waals surface area (Å²) in [6.07, 6.45) is -0.816. The number of amidine groups is 1. The highest BCUT2D eigenvalue weighted by atomic mass is 16.6. The van der Waals surface area contributed by atoms with E-state index in [4.69, 9.17) is 25.4 Å². The first kappa shape index (κ1) is 32.3. The predicted molar refractivity (Wildman–Crippen MR) is 161 cm³/mol. The monoisotopic (exact) mass is 591 g/mol. The number of nitrogens with two attached hydrogens (primary N) is 1. The average Bonchev–Trinajstić information content (AvgIpc) is 2.96. The third-order valence-corrected chi connectivity index (χ3v) is 5.99. The molecule has 2 atom stereocenters. The van der Waals surface area contributed by atoms with Gasteiger partial charge in [0, 0.05) is 11.3 Å². The lowest BCUT2D eigenvalue weighted by atomic mass is 10.0. The van der Waals surface area contributed by atoms with E-state index in [2.05, 4.69) is 16.0 Å². The molecule has 12 nitrogen and oxygen atoms in total. The molecule has 0 fully saturated rings. The normalized spacial score (nSPS) is 12.3. The Labute approximate surface area is 250 Å². The molecule has 43 heavy (non-hydrogen) atoms. The van der Waals surface area contributed by atoms with E-state index in [-0.39, 0.29) is 5.84 Å². The minimum atomic E-state index is -1.46. The van der Waals surface area contributed by atoms with Crippen molar-refractivity contribution in [3.8, 4) is 11.5 Å². The molecule has 7 N–H and O–H groups in total. The van der Waals surface area contributed by atoms with Crippen molar-refractivity contribution in [1.29, 1.82) is 5.41 Å². The SMILES string of the molecule is COc1cc([C@@H](Nc2ccc(C(=N)N)cc2)C(=O)N[C@@H](CNC(=O)OC(C)(C)C)C(=O)O)ccc1OCc1ccccc1. The lowest BCUT2D eigenvalue weighted by Gasteiger charge is -2.24. The zero-order valence-electron chi connectivity index (χ0n) is 24.5. The molecule has 3 aromatic rings. The van der Waals surface area contributed by atoms with Crippen LogP contribution in [0.1, 0.15) is 43.5 Å². The topological polar surface area (TPSA) is 185 Å². The molecule has 0 spiro atoms. The number of ether oxygens (including phenoxy) is 3. The van der Waals surface area contributed by atoms with Crippen molar-refractivity contribution >= 4 is 29.5 Å². The number of hydrogen-bond acceptors (Lipinski definition) is 8. The summed E-state index contributed by atoms with van der Waals surface area (Å²) >= 11 is 0. The first-order chi connectivity index (χ1) is 20.4. The van der Waals surface area contributed by atoms with Crippen molar-refractivity contribution in [2.45, 2.75) is 45.1 Å². The molecular formula is C31H37N5O7. The molecule has 0 saturated carbocycles. The molecule has 3 rings (SSSR count). The second-order valence-corrected chi connectivity index (χ2v) is 10.5. The summed E-state index contributed by atoms with van der Waals surface area (Å²) in [4.78, 5) is 37.7. The van der Waals surface area contributed by atoms with Gasteiger partial charge in [-0.1, -0.05) is 36.4 Å². The van der Waals surface area contributed by atoms with Gasteiger partial charge in [-0.15, -0.1) is 0 Å². The summed E-state index contributed by atoms with van der Waals surface area (Å²) in [5.41, 5.74) is 7.18. The summed E-state index contributed by atoms with van der Waals surface area (Å²) in [7, 11) is 1.47. The minimum Gasteiger partial charge on any atom is -0.493 e. The van der Waals surface area contributed by atoms with Crippen molar-refractivity contribution in [2.24, 2.45) is 5.73 Å². The standard InChI is InChI=1S/C31H37N5O7/c1-31(2,3)43-30(40)34-17-23(29(38)39)36-28(37)26(35-22-13-10-20(11-14-22)27(32)33)21-12-15-24(25(16-21)41-4)42-18-19-8-6-5-7-9-19/h5-16,23,26,35H,17-18H2,1-4H3,(H3,32,33)(H,34,40)(H,36,37)(H,38,39)/t23-,26+/m0/s1. The van der Waals surface area contributed by atoms with Gasteiger partial charge in [0.25, 0.3) is 0 Å². The van der Waals surface area contributed by atoms with E-state index < -0.39 is 42.2 Å². The quantitative estimate of drug-likeness (QED) is 0.127. The van der Waals surface area contributed by atoms with Gasteiger partial charge in [0.1, 0.15) is 30.1 Å². The highest BCUT2D eigenvalue weighted by molar-refractivity contribution is 5.95. The molecule has 0 aliphatic heterocycles. The Morgan fingerprint density at radius 2 is 1.65 bits per heavy atom. The third kappa shape index (κ3) is 9.95. The largest absolute Gasteiger partial charge is 0.493 e. The molecule has 0 saturated heterocycles. The van der Waals surface area contributed by atoms with Gasteiger partial charge in [-0.2, -0.15) is 0 Å². The third-order valence-electron chi connectivity index (χ3n) is 5.99. The fourth-order valence-electron chi connectivity index (χ4n) is 3.89. The van der Waals surface area contributed by atoms with Crippen molar-refractivity contribution in [2.75, 3.05) is 19.0 Å². The Kier molecular flexibility index (Phi) is 10.9. The Morgan fingerprint density at radius 1 is 0.977 bits per heavy atom. The van der Waals surface area contributed by atoms with Gasteiger partial charge in [-0.05, 0) is 68.3 Å². The molecule has 2 amide bonds. The van der Waals surface area contributed by atoms with Crippen LogP contribution in [0.3, 0.4) is 0 Å². The van der Waals surface area contributed by atoms with Gasteiger partial charge in [0.15, 0.2) is 11.5 Å². The van der Waals surface area contributed by atoms with Crippen molar-refractivity contribution in [3.63, 3.8) is 0 Å². The van der Waals surface area contributed by atoms with Crippen LogP contribution in [0.5, 0.6) is 11.5 Å². The lowest BCUT2D eigenvalue weighted by molar-refractivity contribution is -0.141. The molecule has 0 aliphatic rings. The predicted octanol–water partition coefficient (Wildman–Crippen LogP) is 3.81. The Bertz CT molecular complexity index is 1420. The zero-order valence-corrected chi connectivity index (χ0v) is 24.5. The van der Waals surface area contributed by atoms with Crippen molar-refractivity contribution in [3.05, 3.63) is 89.5 Å². The molecule has 0 unspecified atom stereocenters. The van der Waals surface area contributed by atoms with Crippen LogP contribution in [0.2, 0.25) is 0 Å². The molecule has 228 valence electrons. The number of methoxy groups -OCH3 is 1. The number of carboxylic acid groups (broad SMARTS) is 1. The number of aliphatic carboxylic acids is 1. The van der Waals surface area contributed by atoms with Crippen LogP contribution in [-0.4, -0.2) is 54.2 Å². The van der Waals surface area contributed by atoms with Gasteiger partial charge in [0.05, 0.1) is 13.7 Å². The number of alkyl carbamates (subject to hydrolysis) is 1. The van der Waals surface area contributed by atoms with Crippen LogP contribution in [0.15, 0.2) is 72.8 Å². The summed E-state index contributed by atoms with van der Waals surface area (Å²) in [5, 5.41) is 25.3. The smallest absolute Gasteiger partial charge is 0.407 e. The molecule has 0 aliphatic carbocycles. The van der Waals surface area contributed by atoms with Gasteiger partial charge in [-0.3, -0.25) is 10.2 Å². The maximum Gasteiger partial charge on any atom is 0.407 e. The number of carboxylic acids is 1. The second kappa shape index (κ2) is 14.6. The van der Waals surface area contributed by atoms with Crippen LogP contribution in [0, 0.1) is 5.41 Å². The molecular weight excluding hydrogens is 554 g/mol. The van der Waals surface area contributed by atoms with E-state index in [9.17, 15) is 19.5 Å². The summed E-state index contributed by atoms with van der Waals surface area (Å²) in [6.45, 7) is 4.91. The number of amides is 2. The number of carbonyl (C=O) groups excluding carboxylic acids is 2. The highest BCUT2D eigenvalue weighted by Gasteiger charge is 2.28. The number of hydrogen-bond donors (Lipinski definition) is 6. The van der Waals surface area contributed by atoms with Crippen molar-refractivity contribution < 1.29 is 33.7 Å². The first-order valence-corrected chi connectivity index (χ1v) is 13.4. The summed E-state index contributed by atoms with van der Waals surface area (Å²) < 4.78 is 16.6. The highest BCUT2D eigenvalue weighted by Crippen LogP contribution is 2.32. The number of carbonyl (C=O) groups is 3. The number of benzene rings is 3. The van der Waals surface area contributed by atoms with E-state index in [1.165, 1.54) is 7.11 Å². The number of nitrogens with one attached hydrogen (secondary N) is 4. The second-order valence-electron chi connectivity index (χ2n) is 10.5. The van der Waals surface area contributed by atoms with Crippen LogP contribution in [0.25, 0.3) is 0 Å². The number of rotatable bonds is 13. The summed E-state index contributed by atoms with van der Waals surface area (Å²) in [5.74, 6) is -1.34. The van der Waals surface area contributed by atoms with Crippen LogP contribution >= 0.6 is 0 Å². The first-order valence-electron chi connectivity index (χ1n) is 13.4. The maximum absolute atomic E-state index is 13.6. The fourth-order valence-corrected chi connectivity index (χ4v) is 3.89. The fraction of sp³-hybridized carbons (Fsp3) is 0.290. The molecule has 0 radical (unpaired) electrons. The molecule has 3 aromatic carbocycles. The maximum atomic E-state index is 13.6. The van der Waals surface area contributed by atoms with Gasteiger partial charge in [0.2, 0.25) is 5.91 Å². The number of anilines is 1. The number of nitrogen functional groups attached to an aromatic ring is 1. The summed E-state index contributed by atoms with van der Waals surface area (Å²) in [6, 6.07) is 18.5.